The highest BCUT2D eigenvalue weighted by Crippen LogP contribution is 2.15. The minimum Gasteiger partial charge on any atom is -0.356 e. The Morgan fingerprint density at radius 1 is 1.28 bits per heavy atom. The van der Waals surface area contributed by atoms with Crippen LogP contribution >= 0.6 is 10.7 Å². The molecule has 0 aliphatic rings. The number of halogens is 1. The molecule has 0 saturated heterocycles. The third-order valence-electron chi connectivity index (χ3n) is 2.49. The molecule has 1 aromatic rings. The second-order valence-electron chi connectivity index (χ2n) is 3.89. The fraction of sp³-hybridized carbons (Fsp3) is 0.417. The summed E-state index contributed by atoms with van der Waals surface area (Å²) in [7, 11) is 1.57. The lowest BCUT2D eigenvalue weighted by Gasteiger charge is -2.04. The molecule has 0 spiro atoms. The lowest BCUT2D eigenvalue weighted by Crippen LogP contribution is -2.23. The van der Waals surface area contributed by atoms with E-state index < -0.39 is 9.05 Å². The number of aryl methyl sites for hydroxylation is 1. The van der Waals surface area contributed by atoms with E-state index in [1.807, 2.05) is 0 Å². The largest absolute Gasteiger partial charge is 0.356 e. The van der Waals surface area contributed by atoms with Gasteiger partial charge in [-0.1, -0.05) is 19.1 Å². The van der Waals surface area contributed by atoms with E-state index in [0.29, 0.717) is 13.0 Å². The third-order valence-corrected chi connectivity index (χ3v) is 3.86. The molecule has 0 atom stereocenters. The highest BCUT2D eigenvalue weighted by Gasteiger charge is 2.08. The summed E-state index contributed by atoms with van der Waals surface area (Å²) in [5, 5.41) is 2.78. The molecule has 0 radical (unpaired) electrons. The van der Waals surface area contributed by atoms with Gasteiger partial charge in [0.25, 0.3) is 9.05 Å². The van der Waals surface area contributed by atoms with Crippen molar-refractivity contribution < 1.29 is 13.2 Å². The number of amides is 1. The summed E-state index contributed by atoms with van der Waals surface area (Å²) < 4.78 is 22.1. The minimum atomic E-state index is -3.64. The van der Waals surface area contributed by atoms with Gasteiger partial charge in [-0.2, -0.15) is 0 Å². The average molecular weight is 290 g/mol. The molecule has 1 N–H and O–H groups in total. The summed E-state index contributed by atoms with van der Waals surface area (Å²) in [5.74, 6) is 0.0404. The Bertz CT molecular complexity index is 497. The van der Waals surface area contributed by atoms with Gasteiger partial charge in [-0.05, 0) is 30.5 Å². The summed E-state index contributed by atoms with van der Waals surface area (Å²) in [5.41, 5.74) is 1.02. The molecular formula is C12H16ClNO3S. The topological polar surface area (TPSA) is 63.2 Å². The Kier molecular flexibility index (Phi) is 5.62. The number of hydrogen-bond donors (Lipinski definition) is 1. The first-order valence-electron chi connectivity index (χ1n) is 5.74. The van der Waals surface area contributed by atoms with Crippen LogP contribution in [0.15, 0.2) is 29.2 Å². The molecule has 0 saturated carbocycles. The molecule has 1 aromatic carbocycles. The maximum absolute atomic E-state index is 11.0. The van der Waals surface area contributed by atoms with E-state index in [0.717, 1.165) is 18.4 Å². The number of carbonyl (C=O) groups is 1. The van der Waals surface area contributed by atoms with Gasteiger partial charge in [0.2, 0.25) is 5.91 Å². The molecule has 1 rings (SSSR count). The molecule has 0 unspecified atom stereocenters. The molecule has 18 heavy (non-hydrogen) atoms. The van der Waals surface area contributed by atoms with Gasteiger partial charge in [0.15, 0.2) is 0 Å². The van der Waals surface area contributed by atoms with Gasteiger partial charge in [-0.25, -0.2) is 8.42 Å². The molecule has 6 heteroatoms. The average Bonchev–Trinajstić information content (AvgIpc) is 2.33. The lowest BCUT2D eigenvalue weighted by atomic mass is 10.1. The smallest absolute Gasteiger partial charge is 0.261 e. The molecule has 0 aliphatic carbocycles. The molecule has 0 heterocycles. The number of carbonyl (C=O) groups excluding carboxylic acids is 1. The normalized spacial score (nSPS) is 11.2. The molecule has 0 bridgehead atoms. The van der Waals surface area contributed by atoms with Crippen LogP contribution in [-0.4, -0.2) is 20.9 Å². The molecule has 1 amide bonds. The van der Waals surface area contributed by atoms with E-state index in [4.69, 9.17) is 10.7 Å². The standard InChI is InChI=1S/C12H16ClNO3S/c1-2-12(15)14-9-3-4-10-5-7-11(8-6-10)18(13,16)17/h5-8H,2-4,9H2,1H3,(H,14,15). The summed E-state index contributed by atoms with van der Waals surface area (Å²) >= 11 is 0. The second-order valence-corrected chi connectivity index (χ2v) is 6.45. The Hall–Kier alpha value is -1.07. The van der Waals surface area contributed by atoms with Gasteiger partial charge in [-0.3, -0.25) is 4.79 Å². The van der Waals surface area contributed by atoms with Crippen molar-refractivity contribution in [1.82, 2.24) is 5.32 Å². The zero-order chi connectivity index (χ0) is 13.6. The number of hydrogen-bond acceptors (Lipinski definition) is 3. The summed E-state index contributed by atoms with van der Waals surface area (Å²) in [6.45, 7) is 2.43. The Balaban J connectivity index is 2.43. The van der Waals surface area contributed by atoms with Crippen molar-refractivity contribution in [2.75, 3.05) is 6.54 Å². The lowest BCUT2D eigenvalue weighted by molar-refractivity contribution is -0.120. The van der Waals surface area contributed by atoms with Gasteiger partial charge in [-0.15, -0.1) is 0 Å². The van der Waals surface area contributed by atoms with Crippen LogP contribution in [0.25, 0.3) is 0 Å². The maximum Gasteiger partial charge on any atom is 0.261 e. The van der Waals surface area contributed by atoms with Crippen molar-refractivity contribution in [3.05, 3.63) is 29.8 Å². The zero-order valence-corrected chi connectivity index (χ0v) is 11.7. The number of benzene rings is 1. The third kappa shape index (κ3) is 5.06. The van der Waals surface area contributed by atoms with Crippen molar-refractivity contribution in [2.45, 2.75) is 31.1 Å². The summed E-state index contributed by atoms with van der Waals surface area (Å²) in [4.78, 5) is 11.1. The van der Waals surface area contributed by atoms with E-state index >= 15 is 0 Å². The van der Waals surface area contributed by atoms with Crippen LogP contribution in [0.5, 0.6) is 0 Å². The van der Waals surface area contributed by atoms with Crippen molar-refractivity contribution in [2.24, 2.45) is 0 Å². The minimum absolute atomic E-state index is 0.0404. The van der Waals surface area contributed by atoms with Crippen LogP contribution in [0.4, 0.5) is 0 Å². The molecular weight excluding hydrogens is 274 g/mol. The van der Waals surface area contributed by atoms with Crippen LogP contribution in [0.1, 0.15) is 25.3 Å². The van der Waals surface area contributed by atoms with E-state index in [1.54, 1.807) is 19.1 Å². The maximum atomic E-state index is 11.0. The molecule has 0 aromatic heterocycles. The predicted octanol–water partition coefficient (Wildman–Crippen LogP) is 2.07. The zero-order valence-electron chi connectivity index (χ0n) is 10.1. The van der Waals surface area contributed by atoms with Crippen LogP contribution < -0.4 is 5.32 Å². The first-order chi connectivity index (χ1) is 8.43. The molecule has 0 fully saturated rings. The first-order valence-corrected chi connectivity index (χ1v) is 8.04. The predicted molar refractivity (Wildman–Crippen MR) is 71.1 cm³/mol. The highest BCUT2D eigenvalue weighted by atomic mass is 35.7. The van der Waals surface area contributed by atoms with Gasteiger partial charge in [0.1, 0.15) is 0 Å². The summed E-state index contributed by atoms with van der Waals surface area (Å²) in [6, 6.07) is 6.44. The number of rotatable bonds is 6. The monoisotopic (exact) mass is 289 g/mol. The van der Waals surface area contributed by atoms with E-state index in [9.17, 15) is 13.2 Å². The van der Waals surface area contributed by atoms with Crippen molar-refractivity contribution in [3.63, 3.8) is 0 Å². The SMILES string of the molecule is CCC(=O)NCCCc1ccc(S(=O)(=O)Cl)cc1. The highest BCUT2D eigenvalue weighted by molar-refractivity contribution is 8.13. The van der Waals surface area contributed by atoms with Crippen LogP contribution in [0.2, 0.25) is 0 Å². The Morgan fingerprint density at radius 2 is 1.89 bits per heavy atom. The van der Waals surface area contributed by atoms with Gasteiger partial charge in [0, 0.05) is 23.6 Å². The van der Waals surface area contributed by atoms with Gasteiger partial charge < -0.3 is 5.32 Å². The molecule has 100 valence electrons. The first kappa shape index (κ1) is 15.0. The summed E-state index contributed by atoms with van der Waals surface area (Å²) in [6.07, 6.45) is 2.09. The van der Waals surface area contributed by atoms with Crippen molar-refractivity contribution in [1.29, 1.82) is 0 Å². The Morgan fingerprint density at radius 3 is 2.39 bits per heavy atom. The van der Waals surface area contributed by atoms with Gasteiger partial charge in [0.05, 0.1) is 4.90 Å². The van der Waals surface area contributed by atoms with Crippen molar-refractivity contribution in [3.8, 4) is 0 Å². The van der Waals surface area contributed by atoms with E-state index in [1.165, 1.54) is 12.1 Å². The fourth-order valence-corrected chi connectivity index (χ4v) is 2.23. The van der Waals surface area contributed by atoms with Crippen LogP contribution in [-0.2, 0) is 20.3 Å². The molecule has 0 aliphatic heterocycles. The Labute approximate surface area is 112 Å². The van der Waals surface area contributed by atoms with E-state index in [-0.39, 0.29) is 10.8 Å². The van der Waals surface area contributed by atoms with Gasteiger partial charge >= 0.3 is 0 Å². The fourth-order valence-electron chi connectivity index (χ4n) is 1.46. The van der Waals surface area contributed by atoms with E-state index in [2.05, 4.69) is 5.32 Å². The van der Waals surface area contributed by atoms with Crippen LogP contribution in [0.3, 0.4) is 0 Å². The quantitative estimate of drug-likeness (QED) is 0.644. The van der Waals surface area contributed by atoms with Crippen LogP contribution in [0, 0.1) is 0 Å². The second kappa shape index (κ2) is 6.75. The van der Waals surface area contributed by atoms with Crippen molar-refractivity contribution >= 4 is 25.6 Å². The molecule has 4 nitrogen and oxygen atoms in total. The number of nitrogens with one attached hydrogen (secondary N) is 1.